The van der Waals surface area contributed by atoms with E-state index in [4.69, 9.17) is 20.5 Å². The smallest absolute Gasteiger partial charge is 0.00506 e. The van der Waals surface area contributed by atoms with Gasteiger partial charge in [0.15, 0.2) is 0 Å². The van der Waals surface area contributed by atoms with Crippen molar-refractivity contribution in [3.63, 3.8) is 0 Å². The second kappa shape index (κ2) is 29.7. The van der Waals surface area contributed by atoms with Gasteiger partial charge in [-0.2, -0.15) is 0 Å². The van der Waals surface area contributed by atoms with Crippen molar-refractivity contribution in [1.29, 1.82) is 0 Å². The standard InChI is InChI=1S/C5H9N.C5H5.3CO.V/c1-5(2,3)6-4;1-2-4-5-3-1;3*1-2;/h1-3H3;1-5H;;;;. The summed E-state index contributed by atoms with van der Waals surface area (Å²) in [6, 6.07) is 0. The van der Waals surface area contributed by atoms with E-state index in [-0.39, 0.29) is 24.1 Å². The Kier molecular flexibility index (Phi) is 49.6. The number of nitrogens with zero attached hydrogens (tertiary/aromatic N) is 1. The van der Waals surface area contributed by atoms with E-state index in [1.165, 1.54) is 0 Å². The van der Waals surface area contributed by atoms with Crippen LogP contribution >= 0.6 is 0 Å². The molecule has 0 amide bonds. The molecule has 0 saturated carbocycles. The molecule has 0 unspecified atom stereocenters. The Bertz CT molecular complexity index is 277. The molecule has 0 heterocycles. The van der Waals surface area contributed by atoms with Gasteiger partial charge in [0.2, 0.25) is 5.54 Å². The Morgan fingerprint density at radius 3 is 1.06 bits per heavy atom. The largest absolute Gasteiger partial charge is 0.0767 e. The molecule has 0 fully saturated rings. The van der Waals surface area contributed by atoms with Crippen LogP contribution in [-0.2, 0) is 32.5 Å². The van der Waals surface area contributed by atoms with E-state index < -0.39 is 0 Å². The van der Waals surface area contributed by atoms with Crippen molar-refractivity contribution in [3.8, 4) is 0 Å². The molecule has 1 aliphatic carbocycles. The quantitative estimate of drug-likeness (QED) is 0.484. The van der Waals surface area contributed by atoms with Crippen molar-refractivity contribution in [2.24, 2.45) is 0 Å². The average molecular weight is 283 g/mol. The second-order valence-corrected chi connectivity index (χ2v) is 3.24. The maximum atomic E-state index is 7.50. The Morgan fingerprint density at radius 2 is 1.00 bits per heavy atom. The summed E-state index contributed by atoms with van der Waals surface area (Å²) in [6.07, 6.45) is 10.0. The van der Waals surface area contributed by atoms with E-state index in [9.17, 15) is 0 Å². The molecule has 1 rings (SSSR count). The van der Waals surface area contributed by atoms with Crippen LogP contribution in [0, 0.1) is 32.9 Å². The molecule has 0 aromatic heterocycles. The first kappa shape index (κ1) is 30.1. The first-order valence-corrected chi connectivity index (χ1v) is 4.23. The molecule has 5 heteroatoms. The van der Waals surface area contributed by atoms with E-state index in [2.05, 4.69) is 24.8 Å². The molecule has 2 radical (unpaired) electrons. The third kappa shape index (κ3) is 61.1. The van der Waals surface area contributed by atoms with Gasteiger partial charge in [0, 0.05) is 45.7 Å². The molecule has 0 bridgehead atoms. The van der Waals surface area contributed by atoms with Crippen molar-refractivity contribution in [2.75, 3.05) is 0 Å². The van der Waals surface area contributed by atoms with Crippen molar-refractivity contribution in [3.05, 3.63) is 62.1 Å². The summed E-state index contributed by atoms with van der Waals surface area (Å²) in [6.45, 7) is 25.6. The molecule has 0 aliphatic heterocycles. The van der Waals surface area contributed by atoms with Gasteiger partial charge in [-0.1, -0.05) is 24.3 Å². The van der Waals surface area contributed by atoms with Gasteiger partial charge >= 0.3 is 33.9 Å². The predicted octanol–water partition coefficient (Wildman–Crippen LogP) is 2.91. The Morgan fingerprint density at radius 1 is 0.778 bits per heavy atom. The molecule has 94 valence electrons. The average Bonchev–Trinajstić information content (AvgIpc) is 2.95. The minimum Gasteiger partial charge on any atom is -0.0767 e. The summed E-state index contributed by atoms with van der Waals surface area (Å²) >= 11 is 0. The Labute approximate surface area is 121 Å². The molecule has 0 spiro atoms. The number of hydrogen-bond donors (Lipinski definition) is 0. The summed E-state index contributed by atoms with van der Waals surface area (Å²) in [5.41, 5.74) is -0.167. The van der Waals surface area contributed by atoms with Crippen LogP contribution in [0.15, 0.2) is 24.3 Å². The van der Waals surface area contributed by atoms with Gasteiger partial charge < -0.3 is 4.85 Å². The Hall–Kier alpha value is -1.23. The van der Waals surface area contributed by atoms with Crippen LogP contribution in [-0.4, -0.2) is 5.54 Å². The molecule has 1 aliphatic rings. The fourth-order valence-electron chi connectivity index (χ4n) is 0.321. The van der Waals surface area contributed by atoms with Crippen molar-refractivity contribution < 1.29 is 32.5 Å². The summed E-state index contributed by atoms with van der Waals surface area (Å²) in [4.78, 5) is 3.27. The van der Waals surface area contributed by atoms with Crippen molar-refractivity contribution in [2.45, 2.75) is 26.3 Å². The third-order valence-electron chi connectivity index (χ3n) is 0.891. The van der Waals surface area contributed by atoms with Crippen LogP contribution in [0.4, 0.5) is 0 Å². The van der Waals surface area contributed by atoms with Gasteiger partial charge in [0.1, 0.15) is 0 Å². The SMILES string of the molecule is [C-]#[N+]C(C)(C)C.[C-]#[O+].[C-]#[O+].[C-]#[O+].[CH]1C=CC=C1.[V]. The molecular weight excluding hydrogens is 269 g/mol. The molecule has 0 N–H and O–H groups in total. The van der Waals surface area contributed by atoms with E-state index in [1.807, 2.05) is 51.5 Å². The minimum absolute atomic E-state index is 0. The molecule has 4 nitrogen and oxygen atoms in total. The Balaban J connectivity index is -0.0000000428. The van der Waals surface area contributed by atoms with Gasteiger partial charge in [0.05, 0.1) is 0 Å². The third-order valence-corrected chi connectivity index (χ3v) is 0.891. The molecule has 0 aromatic rings. The van der Waals surface area contributed by atoms with Crippen molar-refractivity contribution >= 4 is 0 Å². The van der Waals surface area contributed by atoms with Crippen LogP contribution in [0.5, 0.6) is 0 Å². The molecular formula is C13H14NO3V. The van der Waals surface area contributed by atoms with Gasteiger partial charge in [-0.25, -0.2) is 6.57 Å². The van der Waals surface area contributed by atoms with Gasteiger partial charge in [-0.15, -0.1) is 0 Å². The first-order valence-electron chi connectivity index (χ1n) is 4.23. The normalized spacial score (nSPS) is 8.67. The van der Waals surface area contributed by atoms with E-state index in [1.54, 1.807) is 0 Å². The summed E-state index contributed by atoms with van der Waals surface area (Å²) in [7, 11) is 0. The van der Waals surface area contributed by atoms with Crippen LogP contribution in [0.2, 0.25) is 0 Å². The van der Waals surface area contributed by atoms with E-state index >= 15 is 0 Å². The van der Waals surface area contributed by atoms with Gasteiger partial charge in [0.25, 0.3) is 0 Å². The summed E-state index contributed by atoms with van der Waals surface area (Å²) in [5.74, 6) is 0. The van der Waals surface area contributed by atoms with Crippen LogP contribution < -0.4 is 0 Å². The minimum atomic E-state index is -0.167. The van der Waals surface area contributed by atoms with E-state index in [0.717, 1.165) is 0 Å². The monoisotopic (exact) mass is 283 g/mol. The molecule has 18 heavy (non-hydrogen) atoms. The zero-order valence-electron chi connectivity index (χ0n) is 10.5. The van der Waals surface area contributed by atoms with Gasteiger partial charge in [-0.05, 0) is 0 Å². The second-order valence-electron chi connectivity index (χ2n) is 3.24. The zero-order valence-corrected chi connectivity index (χ0v) is 11.9. The fourth-order valence-corrected chi connectivity index (χ4v) is 0.321. The molecule has 0 atom stereocenters. The maximum absolute atomic E-state index is 7.50. The predicted molar refractivity (Wildman–Crippen MR) is 60.7 cm³/mol. The van der Waals surface area contributed by atoms with Gasteiger partial charge in [-0.3, -0.25) is 0 Å². The van der Waals surface area contributed by atoms with Crippen LogP contribution in [0.1, 0.15) is 20.8 Å². The van der Waals surface area contributed by atoms with Crippen molar-refractivity contribution in [1.82, 2.24) is 0 Å². The summed E-state index contributed by atoms with van der Waals surface area (Å²) in [5, 5.41) is 0. The number of hydrogen-bond acceptors (Lipinski definition) is 0. The van der Waals surface area contributed by atoms with Crippen LogP contribution in [0.3, 0.4) is 0 Å². The molecule has 0 saturated heterocycles. The first-order chi connectivity index (χ1) is 8.06. The number of allylic oxidation sites excluding steroid dienone is 4. The maximum Gasteiger partial charge on any atom is 0.00506 e. The van der Waals surface area contributed by atoms with Crippen LogP contribution in [0.25, 0.3) is 4.85 Å². The summed E-state index contributed by atoms with van der Waals surface area (Å²) < 4.78 is 22.5. The zero-order chi connectivity index (χ0) is 14.7. The fraction of sp³-hybridized carbons (Fsp3) is 0.308. The topological polar surface area (TPSA) is 64.1 Å². The van der Waals surface area contributed by atoms with E-state index in [0.29, 0.717) is 0 Å². The number of rotatable bonds is 0. The molecule has 0 aromatic carbocycles.